The van der Waals surface area contributed by atoms with Crippen molar-refractivity contribution in [2.24, 2.45) is 10.7 Å². The number of anilines is 1. The van der Waals surface area contributed by atoms with Crippen LogP contribution in [-0.4, -0.2) is 33.5 Å². The van der Waals surface area contributed by atoms with Gasteiger partial charge in [-0.25, -0.2) is 4.99 Å². The topological polar surface area (TPSA) is 138 Å². The number of primary amides is 1. The van der Waals surface area contributed by atoms with Crippen LogP contribution in [0.3, 0.4) is 0 Å². The summed E-state index contributed by atoms with van der Waals surface area (Å²) in [5.41, 5.74) is 8.52. The molecule has 0 bridgehead atoms. The molecular formula is C26H16Cl2N4O4. The van der Waals surface area contributed by atoms with E-state index < -0.39 is 17.7 Å². The van der Waals surface area contributed by atoms with E-state index in [0.29, 0.717) is 38.7 Å². The van der Waals surface area contributed by atoms with Crippen LogP contribution < -0.4 is 11.1 Å². The van der Waals surface area contributed by atoms with Crippen LogP contribution in [0.25, 0.3) is 11.3 Å². The van der Waals surface area contributed by atoms with Crippen LogP contribution in [0, 0.1) is 0 Å². The van der Waals surface area contributed by atoms with Gasteiger partial charge in [-0.15, -0.1) is 0 Å². The fourth-order valence-electron chi connectivity index (χ4n) is 3.93. The summed E-state index contributed by atoms with van der Waals surface area (Å²) in [6, 6.07) is 17.5. The molecule has 0 unspecified atom stereocenters. The van der Waals surface area contributed by atoms with Crippen LogP contribution >= 0.6 is 23.2 Å². The predicted molar refractivity (Wildman–Crippen MR) is 137 cm³/mol. The Kier molecular flexibility index (Phi) is 5.83. The lowest BCUT2D eigenvalue weighted by Gasteiger charge is -2.09. The maximum absolute atomic E-state index is 12.8. The van der Waals surface area contributed by atoms with E-state index in [9.17, 15) is 19.5 Å². The Bertz CT molecular complexity index is 1590. The van der Waals surface area contributed by atoms with Gasteiger partial charge in [0.1, 0.15) is 0 Å². The minimum absolute atomic E-state index is 0.189. The smallest absolute Gasteiger partial charge is 0.280 e. The molecule has 4 aromatic rings. The van der Waals surface area contributed by atoms with E-state index >= 15 is 0 Å². The first-order chi connectivity index (χ1) is 17.2. The molecule has 0 radical (unpaired) electrons. The lowest BCUT2D eigenvalue weighted by molar-refractivity contribution is 0.0994. The molecule has 0 saturated carbocycles. The summed E-state index contributed by atoms with van der Waals surface area (Å²) < 4.78 is 0. The molecule has 36 heavy (non-hydrogen) atoms. The third-order valence-electron chi connectivity index (χ3n) is 5.70. The van der Waals surface area contributed by atoms with E-state index in [4.69, 9.17) is 28.9 Å². The monoisotopic (exact) mass is 518 g/mol. The van der Waals surface area contributed by atoms with E-state index in [1.165, 1.54) is 18.2 Å². The number of carbonyl (C=O) groups excluding carboxylic acids is 3. The van der Waals surface area contributed by atoms with Crippen LogP contribution in [0.1, 0.15) is 42.2 Å². The first-order valence-electron chi connectivity index (χ1n) is 10.6. The van der Waals surface area contributed by atoms with Crippen LogP contribution in [0.4, 0.5) is 5.69 Å². The summed E-state index contributed by atoms with van der Waals surface area (Å²) in [6.07, 6.45) is 0. The van der Waals surface area contributed by atoms with Gasteiger partial charge in [-0.1, -0.05) is 47.5 Å². The Labute approximate surface area is 214 Å². The number of hydrogen-bond donors (Lipinski definition) is 4. The summed E-state index contributed by atoms with van der Waals surface area (Å²) in [5.74, 6) is -1.79. The number of nitrogens with two attached hydrogens (primary N) is 1. The van der Waals surface area contributed by atoms with Crippen LogP contribution in [0.2, 0.25) is 10.0 Å². The van der Waals surface area contributed by atoms with Gasteiger partial charge in [0, 0.05) is 21.7 Å². The number of carbonyl (C=O) groups is 3. The zero-order valence-corrected chi connectivity index (χ0v) is 19.8. The van der Waals surface area contributed by atoms with E-state index in [1.54, 1.807) is 48.5 Å². The number of nitrogens with zero attached hydrogens (tertiary/aromatic N) is 1. The zero-order chi connectivity index (χ0) is 25.6. The number of nitrogens with one attached hydrogen (secondary N) is 2. The molecule has 8 nitrogen and oxygen atoms in total. The van der Waals surface area contributed by atoms with E-state index in [2.05, 4.69) is 15.3 Å². The Morgan fingerprint density at radius 3 is 2.19 bits per heavy atom. The summed E-state index contributed by atoms with van der Waals surface area (Å²) in [6.45, 7) is 0. The first-order valence-corrected chi connectivity index (χ1v) is 11.3. The Morgan fingerprint density at radius 1 is 0.889 bits per heavy atom. The normalized spacial score (nSPS) is 12.3. The number of benzene rings is 3. The van der Waals surface area contributed by atoms with Crippen molar-refractivity contribution in [3.8, 4) is 17.1 Å². The second-order valence-corrected chi connectivity index (χ2v) is 8.81. The van der Waals surface area contributed by atoms with Gasteiger partial charge in [0.25, 0.3) is 11.8 Å². The van der Waals surface area contributed by atoms with Crippen molar-refractivity contribution in [2.45, 2.75) is 0 Å². The number of hydrogen-bond acceptors (Lipinski definition) is 4. The van der Waals surface area contributed by atoms with Crippen molar-refractivity contribution < 1.29 is 19.5 Å². The van der Waals surface area contributed by atoms with Gasteiger partial charge in [0.05, 0.1) is 33.2 Å². The molecule has 1 aromatic heterocycles. The van der Waals surface area contributed by atoms with E-state index in [0.717, 1.165) is 0 Å². The lowest BCUT2D eigenvalue weighted by atomic mass is 9.99. The molecule has 1 aliphatic rings. The van der Waals surface area contributed by atoms with Crippen molar-refractivity contribution >= 4 is 52.3 Å². The SMILES string of the molecule is NC(=O)c1ccc(Cl)c(NC(=O)c2ccc(-c3[nH]c(O)c4c3C(=O)N=C4c3ccc(Cl)cc3)cc2)c1. The summed E-state index contributed by atoms with van der Waals surface area (Å²) >= 11 is 12.1. The molecule has 3 amide bonds. The van der Waals surface area contributed by atoms with Gasteiger partial charge in [-0.2, -0.15) is 0 Å². The average molecular weight is 519 g/mol. The molecule has 1 aliphatic heterocycles. The minimum atomic E-state index is -0.647. The maximum Gasteiger partial charge on any atom is 0.280 e. The zero-order valence-electron chi connectivity index (χ0n) is 18.3. The molecule has 0 aliphatic carbocycles. The number of aliphatic imine (C=N–C) groups is 1. The largest absolute Gasteiger partial charge is 0.494 e. The Balaban J connectivity index is 1.42. The second-order valence-electron chi connectivity index (χ2n) is 7.96. The molecule has 2 heterocycles. The standard InChI is InChI=1S/C26H16Cl2N4O4/c27-16-8-5-13(6-9-16)22-20-19(25(35)32-22)21(31-26(20)36)12-1-3-14(4-2-12)24(34)30-18-11-15(23(29)33)7-10-17(18)28/h1-11,31,36H,(H2,29,33)(H,30,34). The van der Waals surface area contributed by atoms with Crippen LogP contribution in [-0.2, 0) is 0 Å². The third-order valence-corrected chi connectivity index (χ3v) is 6.28. The first kappa shape index (κ1) is 23.3. The van der Waals surface area contributed by atoms with Gasteiger partial charge in [-0.3, -0.25) is 14.4 Å². The van der Waals surface area contributed by atoms with Gasteiger partial charge < -0.3 is 21.1 Å². The maximum atomic E-state index is 12.8. The fourth-order valence-corrected chi connectivity index (χ4v) is 4.23. The highest BCUT2D eigenvalue weighted by atomic mass is 35.5. The van der Waals surface area contributed by atoms with E-state index in [1.807, 2.05) is 0 Å². The fraction of sp³-hybridized carbons (Fsp3) is 0. The van der Waals surface area contributed by atoms with Crippen LogP contribution in [0.15, 0.2) is 71.7 Å². The van der Waals surface area contributed by atoms with Gasteiger partial charge in [0.15, 0.2) is 5.88 Å². The summed E-state index contributed by atoms with van der Waals surface area (Å²) in [4.78, 5) is 43.9. The molecule has 3 aromatic carbocycles. The number of aromatic nitrogens is 1. The van der Waals surface area contributed by atoms with E-state index in [-0.39, 0.29) is 27.7 Å². The number of halogens is 2. The van der Waals surface area contributed by atoms with Crippen LogP contribution in [0.5, 0.6) is 5.88 Å². The van der Waals surface area contributed by atoms with Gasteiger partial charge >= 0.3 is 0 Å². The quantitative estimate of drug-likeness (QED) is 0.294. The Hall–Kier alpha value is -4.40. The molecule has 0 fully saturated rings. The van der Waals surface area contributed by atoms with Crippen molar-refractivity contribution in [1.29, 1.82) is 0 Å². The Morgan fingerprint density at radius 2 is 1.53 bits per heavy atom. The molecule has 0 saturated heterocycles. The second kappa shape index (κ2) is 8.99. The molecular weight excluding hydrogens is 503 g/mol. The molecule has 0 spiro atoms. The molecule has 0 atom stereocenters. The van der Waals surface area contributed by atoms with Gasteiger partial charge in [0.2, 0.25) is 5.91 Å². The number of aromatic amines is 1. The van der Waals surface area contributed by atoms with Gasteiger partial charge in [-0.05, 0) is 48.0 Å². The highest BCUT2D eigenvalue weighted by Crippen LogP contribution is 2.38. The lowest BCUT2D eigenvalue weighted by Crippen LogP contribution is -2.14. The number of H-pyrrole nitrogens is 1. The number of rotatable bonds is 5. The molecule has 5 N–H and O–H groups in total. The third kappa shape index (κ3) is 4.13. The minimum Gasteiger partial charge on any atom is -0.494 e. The summed E-state index contributed by atoms with van der Waals surface area (Å²) in [7, 11) is 0. The number of amides is 3. The van der Waals surface area contributed by atoms with Crippen molar-refractivity contribution in [1.82, 2.24) is 4.98 Å². The predicted octanol–water partition coefficient (Wildman–Crippen LogP) is 5.04. The molecule has 5 rings (SSSR count). The van der Waals surface area contributed by atoms with Crippen molar-refractivity contribution in [2.75, 3.05) is 5.32 Å². The highest BCUT2D eigenvalue weighted by Gasteiger charge is 2.33. The summed E-state index contributed by atoms with van der Waals surface area (Å²) in [5, 5.41) is 14.0. The molecule has 178 valence electrons. The highest BCUT2D eigenvalue weighted by molar-refractivity contribution is 6.34. The number of fused-ring (bicyclic) bond motifs is 1. The number of aromatic hydroxyl groups is 1. The van der Waals surface area contributed by atoms with Crippen molar-refractivity contribution in [3.05, 3.63) is 105 Å². The molecule has 10 heteroatoms. The van der Waals surface area contributed by atoms with Crippen molar-refractivity contribution in [3.63, 3.8) is 0 Å². The average Bonchev–Trinajstić information content (AvgIpc) is 3.39.